The molecule has 6 heteroatoms. The van der Waals surface area contributed by atoms with E-state index in [4.69, 9.17) is 4.74 Å². The van der Waals surface area contributed by atoms with Crippen LogP contribution in [0.1, 0.15) is 5.56 Å². The Bertz CT molecular complexity index is 833. The van der Waals surface area contributed by atoms with Gasteiger partial charge in [-0.15, -0.1) is 0 Å². The van der Waals surface area contributed by atoms with Crippen LogP contribution in [0.3, 0.4) is 0 Å². The van der Waals surface area contributed by atoms with Crippen molar-refractivity contribution in [3.05, 3.63) is 48.0 Å². The van der Waals surface area contributed by atoms with Gasteiger partial charge in [0.05, 0.1) is 29.4 Å². The van der Waals surface area contributed by atoms with Crippen LogP contribution in [0.5, 0.6) is 5.75 Å². The molecular formula is C16H16N2O3S. The van der Waals surface area contributed by atoms with Crippen LogP contribution in [0.2, 0.25) is 0 Å². The third-order valence-corrected chi connectivity index (χ3v) is 5.86. The molecule has 1 N–H and O–H groups in total. The Morgan fingerprint density at radius 3 is 2.91 bits per heavy atom. The van der Waals surface area contributed by atoms with Crippen molar-refractivity contribution < 1.29 is 13.2 Å². The maximum absolute atomic E-state index is 13.0. The fourth-order valence-corrected chi connectivity index (χ4v) is 4.49. The maximum atomic E-state index is 13.0. The van der Waals surface area contributed by atoms with Crippen LogP contribution in [0.15, 0.2) is 47.4 Å². The predicted octanol–water partition coefficient (Wildman–Crippen LogP) is 2.24. The average Bonchev–Trinajstić information content (AvgIpc) is 3.02. The molecular weight excluding hydrogens is 300 g/mol. The van der Waals surface area contributed by atoms with E-state index in [0.29, 0.717) is 30.3 Å². The van der Waals surface area contributed by atoms with Gasteiger partial charge in [-0.25, -0.2) is 8.42 Å². The van der Waals surface area contributed by atoms with Crippen molar-refractivity contribution in [1.82, 2.24) is 0 Å². The molecule has 0 unspecified atom stereocenters. The number of anilines is 2. The molecule has 0 atom stereocenters. The molecule has 5 nitrogen and oxygen atoms in total. The Hall–Kier alpha value is -2.21. The van der Waals surface area contributed by atoms with Gasteiger partial charge in [0, 0.05) is 13.0 Å². The number of nitrogens with one attached hydrogen (secondary N) is 1. The highest BCUT2D eigenvalue weighted by atomic mass is 32.2. The van der Waals surface area contributed by atoms with Gasteiger partial charge < -0.3 is 10.1 Å². The smallest absolute Gasteiger partial charge is 0.264 e. The molecule has 22 heavy (non-hydrogen) atoms. The number of benzene rings is 2. The zero-order valence-electron chi connectivity index (χ0n) is 12.0. The Labute approximate surface area is 129 Å². The zero-order valence-corrected chi connectivity index (χ0v) is 12.8. The van der Waals surface area contributed by atoms with Crippen LogP contribution in [0.25, 0.3) is 0 Å². The van der Waals surface area contributed by atoms with E-state index < -0.39 is 10.0 Å². The van der Waals surface area contributed by atoms with Crippen LogP contribution < -0.4 is 14.4 Å². The summed E-state index contributed by atoms with van der Waals surface area (Å²) in [5.74, 6) is 0.791. The first-order valence-electron chi connectivity index (χ1n) is 7.28. The summed E-state index contributed by atoms with van der Waals surface area (Å²) in [6.45, 7) is 1.65. The second kappa shape index (κ2) is 4.91. The average molecular weight is 316 g/mol. The fraction of sp³-hybridized carbons (Fsp3) is 0.250. The summed E-state index contributed by atoms with van der Waals surface area (Å²) >= 11 is 0. The fourth-order valence-electron chi connectivity index (χ4n) is 2.95. The topological polar surface area (TPSA) is 58.6 Å². The molecule has 0 amide bonds. The molecule has 0 aliphatic carbocycles. The molecule has 0 saturated heterocycles. The molecule has 0 saturated carbocycles. The van der Waals surface area contributed by atoms with E-state index in [9.17, 15) is 8.42 Å². The lowest BCUT2D eigenvalue weighted by atomic mass is 10.2. The lowest BCUT2D eigenvalue weighted by Crippen LogP contribution is -2.38. The third-order valence-electron chi connectivity index (χ3n) is 4.05. The highest BCUT2D eigenvalue weighted by molar-refractivity contribution is 7.92. The summed E-state index contributed by atoms with van der Waals surface area (Å²) in [4.78, 5) is 0.327. The van der Waals surface area contributed by atoms with Crippen LogP contribution in [-0.4, -0.2) is 28.1 Å². The molecule has 2 aliphatic rings. The van der Waals surface area contributed by atoms with E-state index in [1.54, 1.807) is 18.2 Å². The van der Waals surface area contributed by atoms with Gasteiger partial charge in [0.2, 0.25) is 0 Å². The van der Waals surface area contributed by atoms with Crippen molar-refractivity contribution in [3.63, 3.8) is 0 Å². The number of hydrogen-bond donors (Lipinski definition) is 1. The Morgan fingerprint density at radius 1 is 1.14 bits per heavy atom. The molecule has 2 aliphatic heterocycles. The van der Waals surface area contributed by atoms with Gasteiger partial charge in [-0.05, 0) is 35.9 Å². The highest BCUT2D eigenvalue weighted by Gasteiger charge is 2.29. The van der Waals surface area contributed by atoms with Crippen LogP contribution >= 0.6 is 0 Å². The molecule has 0 aromatic heterocycles. The van der Waals surface area contributed by atoms with Gasteiger partial charge in [0.15, 0.2) is 0 Å². The van der Waals surface area contributed by atoms with E-state index in [0.717, 1.165) is 23.4 Å². The van der Waals surface area contributed by atoms with E-state index >= 15 is 0 Å². The molecule has 2 aromatic rings. The molecule has 0 bridgehead atoms. The number of ether oxygens (including phenoxy) is 1. The van der Waals surface area contributed by atoms with E-state index in [2.05, 4.69) is 5.32 Å². The normalized spacial score (nSPS) is 16.5. The monoisotopic (exact) mass is 316 g/mol. The van der Waals surface area contributed by atoms with E-state index in [-0.39, 0.29) is 0 Å². The van der Waals surface area contributed by atoms with Crippen molar-refractivity contribution in [2.45, 2.75) is 11.3 Å². The predicted molar refractivity (Wildman–Crippen MR) is 85.1 cm³/mol. The molecule has 0 fully saturated rings. The molecule has 0 spiro atoms. The first kappa shape index (κ1) is 13.5. The van der Waals surface area contributed by atoms with Gasteiger partial charge in [-0.3, -0.25) is 4.31 Å². The first-order chi connectivity index (χ1) is 10.7. The summed E-state index contributed by atoms with van der Waals surface area (Å²) in [6, 6.07) is 12.6. The van der Waals surface area contributed by atoms with Crippen molar-refractivity contribution in [2.24, 2.45) is 0 Å². The lowest BCUT2D eigenvalue weighted by Gasteiger charge is -2.31. The van der Waals surface area contributed by atoms with Gasteiger partial charge in [0.25, 0.3) is 10.0 Å². The molecule has 2 heterocycles. The van der Waals surface area contributed by atoms with Crippen LogP contribution in [0.4, 0.5) is 11.4 Å². The second-order valence-corrected chi connectivity index (χ2v) is 7.25. The highest BCUT2D eigenvalue weighted by Crippen LogP contribution is 2.34. The third kappa shape index (κ3) is 2.02. The van der Waals surface area contributed by atoms with Gasteiger partial charge in [0.1, 0.15) is 5.75 Å². The zero-order chi connectivity index (χ0) is 15.2. The van der Waals surface area contributed by atoms with Gasteiger partial charge >= 0.3 is 0 Å². The van der Waals surface area contributed by atoms with Gasteiger partial charge in [-0.2, -0.15) is 0 Å². The van der Waals surface area contributed by atoms with Gasteiger partial charge in [-0.1, -0.05) is 12.1 Å². The van der Waals surface area contributed by atoms with E-state index in [1.165, 1.54) is 4.31 Å². The van der Waals surface area contributed by atoms with Crippen LogP contribution in [0, 0.1) is 0 Å². The minimum Gasteiger partial charge on any atom is -0.493 e. The van der Waals surface area contributed by atoms with Crippen molar-refractivity contribution >= 4 is 21.4 Å². The molecule has 114 valence electrons. The number of rotatable bonds is 2. The standard InChI is InChI=1S/C16H16N2O3S/c19-22(20,13-5-6-16-12(11-13)7-10-21-16)18-9-8-17-14-3-1-2-4-15(14)18/h1-6,11,17H,7-10H2. The molecule has 2 aromatic carbocycles. The number of fused-ring (bicyclic) bond motifs is 2. The van der Waals surface area contributed by atoms with Crippen molar-refractivity contribution in [3.8, 4) is 5.75 Å². The number of para-hydroxylation sites is 2. The summed E-state index contributed by atoms with van der Waals surface area (Å²) in [6.07, 6.45) is 0.761. The number of sulfonamides is 1. The summed E-state index contributed by atoms with van der Waals surface area (Å²) < 4.78 is 32.9. The van der Waals surface area contributed by atoms with Crippen LogP contribution in [-0.2, 0) is 16.4 Å². The molecule has 4 rings (SSSR count). The quantitative estimate of drug-likeness (QED) is 0.923. The number of nitrogens with zero attached hydrogens (tertiary/aromatic N) is 1. The minimum absolute atomic E-state index is 0.327. The molecule has 0 radical (unpaired) electrons. The SMILES string of the molecule is O=S(=O)(c1ccc2c(c1)CCO2)N1CCNc2ccccc21. The Balaban J connectivity index is 1.79. The van der Waals surface area contributed by atoms with E-state index in [1.807, 2.05) is 24.3 Å². The largest absolute Gasteiger partial charge is 0.493 e. The Kier molecular flexibility index (Phi) is 3.00. The Morgan fingerprint density at radius 2 is 2.00 bits per heavy atom. The lowest BCUT2D eigenvalue weighted by molar-refractivity contribution is 0.356. The van der Waals surface area contributed by atoms with Crippen molar-refractivity contribution in [2.75, 3.05) is 29.3 Å². The summed E-state index contributed by atoms with van der Waals surface area (Å²) in [7, 11) is -3.56. The second-order valence-electron chi connectivity index (χ2n) is 5.39. The van der Waals surface area contributed by atoms with Crippen molar-refractivity contribution in [1.29, 1.82) is 0 Å². The maximum Gasteiger partial charge on any atom is 0.264 e. The summed E-state index contributed by atoms with van der Waals surface area (Å²) in [5.41, 5.74) is 2.51. The minimum atomic E-state index is -3.56. The summed E-state index contributed by atoms with van der Waals surface area (Å²) in [5, 5.41) is 3.23. The number of hydrogen-bond acceptors (Lipinski definition) is 4. The first-order valence-corrected chi connectivity index (χ1v) is 8.72.